The van der Waals surface area contributed by atoms with Crippen LogP contribution in [0.5, 0.6) is 11.5 Å². The molecule has 0 unspecified atom stereocenters. The van der Waals surface area contributed by atoms with Crippen LogP contribution in [0.4, 0.5) is 4.39 Å². The number of benzene rings is 2. The fourth-order valence-corrected chi connectivity index (χ4v) is 3.19. The number of amides is 1. The first-order valence-electron chi connectivity index (χ1n) is 8.70. The molecule has 2 aromatic carbocycles. The van der Waals surface area contributed by atoms with E-state index in [0.717, 1.165) is 6.26 Å². The second-order valence-corrected chi connectivity index (χ2v) is 8.44. The quantitative estimate of drug-likeness (QED) is 0.624. The number of nitrogens with zero attached hydrogens (tertiary/aromatic N) is 1. The van der Waals surface area contributed by atoms with Gasteiger partial charge in [0.15, 0.2) is 11.5 Å². The van der Waals surface area contributed by atoms with Gasteiger partial charge in [-0.05, 0) is 41.8 Å². The minimum absolute atomic E-state index is 0.0465. The van der Waals surface area contributed by atoms with Crippen molar-refractivity contribution in [2.45, 2.75) is 20.4 Å². The number of carbonyl (C=O) groups is 1. The van der Waals surface area contributed by atoms with E-state index in [2.05, 4.69) is 0 Å². The van der Waals surface area contributed by atoms with Gasteiger partial charge < -0.3 is 13.8 Å². The van der Waals surface area contributed by atoms with Crippen LogP contribution in [0.3, 0.4) is 0 Å². The van der Waals surface area contributed by atoms with E-state index in [-0.39, 0.29) is 35.4 Å². The summed E-state index contributed by atoms with van der Waals surface area (Å²) in [6.07, 6.45) is 0.942. The maximum atomic E-state index is 13.5. The van der Waals surface area contributed by atoms with Gasteiger partial charge in [0.1, 0.15) is 5.82 Å². The van der Waals surface area contributed by atoms with Gasteiger partial charge in [-0.25, -0.2) is 4.39 Å². The zero-order chi connectivity index (χ0) is 20.9. The van der Waals surface area contributed by atoms with E-state index in [0.29, 0.717) is 12.1 Å². The Morgan fingerprint density at radius 1 is 1.14 bits per heavy atom. The van der Waals surface area contributed by atoms with Crippen LogP contribution >= 0.6 is 0 Å². The van der Waals surface area contributed by atoms with Crippen LogP contribution in [0.15, 0.2) is 42.5 Å². The third-order valence-corrected chi connectivity index (χ3v) is 4.27. The standard InChI is InChI=1S/C20H24FNO5S/c1-14(2)12-22(20(23)16-6-5-7-17(21)11-16)13-15-8-9-18(26-3)19(10-15)27-28(4,24)25/h5-11,14H,12-13H2,1-4H3. The molecule has 0 aromatic heterocycles. The Balaban J connectivity index is 2.34. The van der Waals surface area contributed by atoms with Crippen molar-refractivity contribution in [2.24, 2.45) is 5.92 Å². The molecule has 0 N–H and O–H groups in total. The molecule has 0 bridgehead atoms. The van der Waals surface area contributed by atoms with Crippen LogP contribution in [0.25, 0.3) is 0 Å². The van der Waals surface area contributed by atoms with Crippen LogP contribution in [-0.4, -0.2) is 39.1 Å². The smallest absolute Gasteiger partial charge is 0.306 e. The van der Waals surface area contributed by atoms with E-state index >= 15 is 0 Å². The van der Waals surface area contributed by atoms with Gasteiger partial charge in [0.05, 0.1) is 13.4 Å². The summed E-state index contributed by atoms with van der Waals surface area (Å²) < 4.78 is 46.6. The molecular weight excluding hydrogens is 385 g/mol. The Hall–Kier alpha value is -2.61. The van der Waals surface area contributed by atoms with Gasteiger partial charge in [-0.1, -0.05) is 26.0 Å². The minimum Gasteiger partial charge on any atom is -0.493 e. The summed E-state index contributed by atoms with van der Waals surface area (Å²) >= 11 is 0. The van der Waals surface area contributed by atoms with Crippen molar-refractivity contribution in [3.8, 4) is 11.5 Å². The Morgan fingerprint density at radius 2 is 1.86 bits per heavy atom. The summed E-state index contributed by atoms with van der Waals surface area (Å²) in [5.41, 5.74) is 0.909. The van der Waals surface area contributed by atoms with E-state index in [1.54, 1.807) is 23.1 Å². The molecule has 2 aromatic rings. The van der Waals surface area contributed by atoms with Crippen molar-refractivity contribution in [1.29, 1.82) is 0 Å². The predicted molar refractivity (Wildman–Crippen MR) is 104 cm³/mol. The number of rotatable bonds is 8. The maximum Gasteiger partial charge on any atom is 0.306 e. The Labute approximate surface area is 165 Å². The molecule has 0 aliphatic carbocycles. The van der Waals surface area contributed by atoms with Gasteiger partial charge in [-0.2, -0.15) is 8.42 Å². The first-order valence-corrected chi connectivity index (χ1v) is 10.5. The zero-order valence-electron chi connectivity index (χ0n) is 16.3. The van der Waals surface area contributed by atoms with E-state index < -0.39 is 15.9 Å². The van der Waals surface area contributed by atoms with Crippen molar-refractivity contribution < 1.29 is 26.5 Å². The van der Waals surface area contributed by atoms with Crippen molar-refractivity contribution >= 4 is 16.0 Å². The summed E-state index contributed by atoms with van der Waals surface area (Å²) in [6, 6.07) is 10.3. The van der Waals surface area contributed by atoms with E-state index in [9.17, 15) is 17.6 Å². The third-order valence-electron chi connectivity index (χ3n) is 3.79. The number of carbonyl (C=O) groups excluding carboxylic acids is 1. The molecule has 0 atom stereocenters. The Kier molecular flexibility index (Phi) is 7.01. The zero-order valence-corrected chi connectivity index (χ0v) is 17.1. The summed E-state index contributed by atoms with van der Waals surface area (Å²) in [5, 5.41) is 0. The molecule has 0 aliphatic heterocycles. The van der Waals surface area contributed by atoms with Crippen molar-refractivity contribution in [1.82, 2.24) is 4.90 Å². The molecule has 0 fully saturated rings. The molecule has 0 saturated carbocycles. The average molecular weight is 409 g/mol. The average Bonchev–Trinajstić information content (AvgIpc) is 2.59. The fourth-order valence-electron chi connectivity index (χ4n) is 2.73. The first-order chi connectivity index (χ1) is 13.1. The molecule has 152 valence electrons. The molecule has 0 spiro atoms. The second kappa shape index (κ2) is 9.05. The van der Waals surface area contributed by atoms with Crippen molar-refractivity contribution in [3.63, 3.8) is 0 Å². The monoisotopic (exact) mass is 409 g/mol. The molecule has 0 radical (unpaired) electrons. The van der Waals surface area contributed by atoms with Crippen LogP contribution in [0, 0.1) is 11.7 Å². The molecule has 2 rings (SSSR count). The highest BCUT2D eigenvalue weighted by molar-refractivity contribution is 7.86. The molecule has 0 aliphatic rings. The number of hydrogen-bond acceptors (Lipinski definition) is 5. The summed E-state index contributed by atoms with van der Waals surface area (Å²) in [4.78, 5) is 14.5. The van der Waals surface area contributed by atoms with E-state index in [4.69, 9.17) is 8.92 Å². The number of ether oxygens (including phenoxy) is 1. The van der Waals surface area contributed by atoms with Crippen LogP contribution in [0.1, 0.15) is 29.8 Å². The lowest BCUT2D eigenvalue weighted by Gasteiger charge is -2.25. The Morgan fingerprint density at radius 3 is 2.43 bits per heavy atom. The molecule has 8 heteroatoms. The first kappa shape index (κ1) is 21.7. The van der Waals surface area contributed by atoms with Gasteiger partial charge in [-0.3, -0.25) is 4.79 Å². The highest BCUT2D eigenvalue weighted by atomic mass is 32.2. The van der Waals surface area contributed by atoms with Crippen LogP contribution in [-0.2, 0) is 16.7 Å². The molecule has 0 heterocycles. The summed E-state index contributed by atoms with van der Waals surface area (Å²) in [7, 11) is -2.33. The number of hydrogen-bond donors (Lipinski definition) is 0. The lowest BCUT2D eigenvalue weighted by Crippen LogP contribution is -2.33. The summed E-state index contributed by atoms with van der Waals surface area (Å²) in [5.74, 6) is -0.299. The van der Waals surface area contributed by atoms with E-state index in [1.165, 1.54) is 31.4 Å². The lowest BCUT2D eigenvalue weighted by molar-refractivity contribution is 0.0722. The number of methoxy groups -OCH3 is 1. The van der Waals surface area contributed by atoms with Crippen LogP contribution < -0.4 is 8.92 Å². The Bertz CT molecular complexity index is 943. The summed E-state index contributed by atoms with van der Waals surface area (Å²) in [6.45, 7) is 4.59. The molecule has 0 saturated heterocycles. The topological polar surface area (TPSA) is 72.9 Å². The molecule has 6 nitrogen and oxygen atoms in total. The minimum atomic E-state index is -3.74. The van der Waals surface area contributed by atoms with Gasteiger partial charge in [0.25, 0.3) is 5.91 Å². The van der Waals surface area contributed by atoms with Gasteiger partial charge >= 0.3 is 10.1 Å². The highest BCUT2D eigenvalue weighted by Gasteiger charge is 2.19. The highest BCUT2D eigenvalue weighted by Crippen LogP contribution is 2.30. The largest absolute Gasteiger partial charge is 0.493 e. The van der Waals surface area contributed by atoms with E-state index in [1.807, 2.05) is 13.8 Å². The fraction of sp³-hybridized carbons (Fsp3) is 0.350. The molecular formula is C20H24FNO5S. The third kappa shape index (κ3) is 6.23. The second-order valence-electron chi connectivity index (χ2n) is 6.86. The maximum absolute atomic E-state index is 13.5. The van der Waals surface area contributed by atoms with Crippen molar-refractivity contribution in [3.05, 3.63) is 59.4 Å². The molecule has 1 amide bonds. The van der Waals surface area contributed by atoms with Crippen molar-refractivity contribution in [2.75, 3.05) is 19.9 Å². The van der Waals surface area contributed by atoms with Gasteiger partial charge in [0, 0.05) is 18.7 Å². The number of halogens is 1. The SMILES string of the molecule is COc1ccc(CN(CC(C)C)C(=O)c2cccc(F)c2)cc1OS(C)(=O)=O. The lowest BCUT2D eigenvalue weighted by atomic mass is 10.1. The van der Waals surface area contributed by atoms with Gasteiger partial charge in [-0.15, -0.1) is 0 Å². The molecule has 28 heavy (non-hydrogen) atoms. The predicted octanol–water partition coefficient (Wildman–Crippen LogP) is 3.47. The van der Waals surface area contributed by atoms with Gasteiger partial charge in [0.2, 0.25) is 0 Å². The van der Waals surface area contributed by atoms with Crippen LogP contribution in [0.2, 0.25) is 0 Å². The normalized spacial score (nSPS) is 11.4.